The first-order chi connectivity index (χ1) is 11.1. The summed E-state index contributed by atoms with van der Waals surface area (Å²) in [6, 6.07) is 15.5. The molecule has 122 valence electrons. The number of carbonyl (C=O) groups is 1. The third-order valence-corrected chi connectivity index (χ3v) is 3.58. The summed E-state index contributed by atoms with van der Waals surface area (Å²) in [7, 11) is 1.64. The van der Waals surface area contributed by atoms with Gasteiger partial charge in [-0.25, -0.2) is 0 Å². The van der Waals surface area contributed by atoms with Crippen LogP contribution in [0.4, 0.5) is 0 Å². The summed E-state index contributed by atoms with van der Waals surface area (Å²) in [6.45, 7) is 4.34. The third kappa shape index (κ3) is 5.33. The van der Waals surface area contributed by atoms with Gasteiger partial charge in [0.1, 0.15) is 11.5 Å². The van der Waals surface area contributed by atoms with Crippen molar-refractivity contribution in [3.8, 4) is 11.5 Å². The molecule has 1 amide bonds. The van der Waals surface area contributed by atoms with Crippen molar-refractivity contribution >= 4 is 5.91 Å². The zero-order valence-corrected chi connectivity index (χ0v) is 13.8. The number of rotatable bonds is 7. The Bertz CT molecular complexity index is 620. The van der Waals surface area contributed by atoms with E-state index in [1.54, 1.807) is 14.0 Å². The lowest BCUT2D eigenvalue weighted by atomic mass is 10.1. The highest BCUT2D eigenvalue weighted by molar-refractivity contribution is 5.80. The third-order valence-electron chi connectivity index (χ3n) is 3.58. The number of hydrogen-bond donors (Lipinski definition) is 1. The average molecular weight is 313 g/mol. The van der Waals surface area contributed by atoms with Crippen LogP contribution in [0.1, 0.15) is 18.1 Å². The molecule has 0 aliphatic rings. The van der Waals surface area contributed by atoms with Gasteiger partial charge in [-0.2, -0.15) is 0 Å². The van der Waals surface area contributed by atoms with E-state index in [1.165, 1.54) is 0 Å². The molecule has 0 spiro atoms. The average Bonchev–Trinajstić information content (AvgIpc) is 2.57. The molecule has 4 heteroatoms. The van der Waals surface area contributed by atoms with Crippen molar-refractivity contribution in [2.24, 2.45) is 0 Å². The van der Waals surface area contributed by atoms with Gasteiger partial charge in [0.15, 0.2) is 6.10 Å². The van der Waals surface area contributed by atoms with Gasteiger partial charge < -0.3 is 14.8 Å². The van der Waals surface area contributed by atoms with E-state index < -0.39 is 6.10 Å². The van der Waals surface area contributed by atoms with Crippen LogP contribution in [0.3, 0.4) is 0 Å². The number of methoxy groups -OCH3 is 1. The van der Waals surface area contributed by atoms with Gasteiger partial charge in [-0.15, -0.1) is 0 Å². The van der Waals surface area contributed by atoms with E-state index in [1.807, 2.05) is 55.5 Å². The number of benzene rings is 2. The van der Waals surface area contributed by atoms with Crippen LogP contribution in [0.15, 0.2) is 48.5 Å². The lowest BCUT2D eigenvalue weighted by Gasteiger charge is -2.15. The topological polar surface area (TPSA) is 47.6 Å². The Hall–Kier alpha value is -2.49. The molecule has 2 aromatic rings. The van der Waals surface area contributed by atoms with Crippen molar-refractivity contribution in [2.45, 2.75) is 26.4 Å². The number of carbonyl (C=O) groups excluding carboxylic acids is 1. The van der Waals surface area contributed by atoms with E-state index in [0.29, 0.717) is 12.3 Å². The first kappa shape index (κ1) is 16.9. The van der Waals surface area contributed by atoms with Crippen molar-refractivity contribution in [1.82, 2.24) is 5.32 Å². The van der Waals surface area contributed by atoms with Gasteiger partial charge in [0.25, 0.3) is 5.91 Å². The molecular formula is C19H23NO3. The highest BCUT2D eigenvalue weighted by Crippen LogP contribution is 2.13. The van der Waals surface area contributed by atoms with Crippen molar-refractivity contribution in [3.63, 3.8) is 0 Å². The van der Waals surface area contributed by atoms with Gasteiger partial charge in [-0.05, 0) is 50.1 Å². The van der Waals surface area contributed by atoms with Crippen LogP contribution in [-0.4, -0.2) is 25.7 Å². The van der Waals surface area contributed by atoms with Crippen LogP contribution in [0, 0.1) is 6.92 Å². The molecular weight excluding hydrogens is 290 g/mol. The van der Waals surface area contributed by atoms with E-state index in [-0.39, 0.29) is 5.91 Å². The highest BCUT2D eigenvalue weighted by Gasteiger charge is 2.13. The van der Waals surface area contributed by atoms with Crippen molar-refractivity contribution in [1.29, 1.82) is 0 Å². The van der Waals surface area contributed by atoms with E-state index in [0.717, 1.165) is 23.3 Å². The van der Waals surface area contributed by atoms with E-state index in [4.69, 9.17) is 9.47 Å². The molecule has 0 fully saturated rings. The van der Waals surface area contributed by atoms with Crippen molar-refractivity contribution in [2.75, 3.05) is 13.7 Å². The molecule has 0 aromatic heterocycles. The standard InChI is InChI=1S/C19H23NO3/c1-14-4-8-18(9-5-14)23-15(2)19(21)20-13-12-16-6-10-17(22-3)11-7-16/h4-11,15H,12-13H2,1-3H3,(H,20,21)/t15-/m0/s1. The second kappa shape index (κ2) is 8.22. The van der Waals surface area contributed by atoms with Crippen LogP contribution in [0.2, 0.25) is 0 Å². The van der Waals surface area contributed by atoms with Gasteiger partial charge in [-0.1, -0.05) is 29.8 Å². The SMILES string of the molecule is COc1ccc(CCNC(=O)[C@H](C)Oc2ccc(C)cc2)cc1. The maximum atomic E-state index is 12.0. The molecule has 0 radical (unpaired) electrons. The summed E-state index contributed by atoms with van der Waals surface area (Å²) < 4.78 is 10.8. The lowest BCUT2D eigenvalue weighted by Crippen LogP contribution is -2.37. The molecule has 0 saturated heterocycles. The molecule has 0 bridgehead atoms. The van der Waals surface area contributed by atoms with E-state index in [9.17, 15) is 4.79 Å². The van der Waals surface area contributed by atoms with Crippen molar-refractivity contribution < 1.29 is 14.3 Å². The van der Waals surface area contributed by atoms with E-state index >= 15 is 0 Å². The number of aryl methyl sites for hydroxylation is 1. The van der Waals surface area contributed by atoms with Crippen molar-refractivity contribution in [3.05, 3.63) is 59.7 Å². The summed E-state index contributed by atoms with van der Waals surface area (Å²) in [5, 5.41) is 2.90. The summed E-state index contributed by atoms with van der Waals surface area (Å²) >= 11 is 0. The van der Waals surface area contributed by atoms with Crippen LogP contribution < -0.4 is 14.8 Å². The van der Waals surface area contributed by atoms with Crippen LogP contribution in [0.5, 0.6) is 11.5 Å². The lowest BCUT2D eigenvalue weighted by molar-refractivity contribution is -0.127. The van der Waals surface area contributed by atoms with E-state index in [2.05, 4.69) is 5.32 Å². The molecule has 1 N–H and O–H groups in total. The summed E-state index contributed by atoms with van der Waals surface area (Å²) in [4.78, 5) is 12.0. The largest absolute Gasteiger partial charge is 0.497 e. The molecule has 23 heavy (non-hydrogen) atoms. The fourth-order valence-corrected chi connectivity index (χ4v) is 2.14. The Kier molecular flexibility index (Phi) is 6.03. The zero-order chi connectivity index (χ0) is 16.7. The number of nitrogens with one attached hydrogen (secondary N) is 1. The van der Waals surface area contributed by atoms with Gasteiger partial charge in [0, 0.05) is 6.54 Å². The number of ether oxygens (including phenoxy) is 2. The second-order valence-electron chi connectivity index (χ2n) is 5.46. The van der Waals surface area contributed by atoms with Crippen LogP contribution in [-0.2, 0) is 11.2 Å². The predicted octanol–water partition coefficient (Wildman–Crippen LogP) is 3.13. The van der Waals surface area contributed by atoms with Gasteiger partial charge in [-0.3, -0.25) is 4.79 Å². The first-order valence-electron chi connectivity index (χ1n) is 7.72. The Morgan fingerprint density at radius 2 is 1.65 bits per heavy atom. The second-order valence-corrected chi connectivity index (χ2v) is 5.46. The fourth-order valence-electron chi connectivity index (χ4n) is 2.14. The molecule has 2 rings (SSSR count). The molecule has 0 saturated carbocycles. The molecule has 0 aliphatic carbocycles. The minimum Gasteiger partial charge on any atom is -0.497 e. The zero-order valence-electron chi connectivity index (χ0n) is 13.8. The Labute approximate surface area is 137 Å². The quantitative estimate of drug-likeness (QED) is 0.854. The molecule has 1 atom stereocenters. The highest BCUT2D eigenvalue weighted by atomic mass is 16.5. The summed E-state index contributed by atoms with van der Waals surface area (Å²) in [5.41, 5.74) is 2.31. The summed E-state index contributed by atoms with van der Waals surface area (Å²) in [5.74, 6) is 1.42. The predicted molar refractivity (Wildman–Crippen MR) is 91.0 cm³/mol. The monoisotopic (exact) mass is 313 g/mol. The van der Waals surface area contributed by atoms with Gasteiger partial charge in [0.2, 0.25) is 0 Å². The Morgan fingerprint density at radius 1 is 1.04 bits per heavy atom. The smallest absolute Gasteiger partial charge is 0.260 e. The molecule has 0 heterocycles. The normalized spacial score (nSPS) is 11.6. The maximum absolute atomic E-state index is 12.0. The Balaban J connectivity index is 1.75. The molecule has 0 unspecified atom stereocenters. The fraction of sp³-hybridized carbons (Fsp3) is 0.316. The van der Waals surface area contributed by atoms with Crippen LogP contribution >= 0.6 is 0 Å². The van der Waals surface area contributed by atoms with Crippen LogP contribution in [0.25, 0.3) is 0 Å². The molecule has 4 nitrogen and oxygen atoms in total. The number of amides is 1. The molecule has 2 aromatic carbocycles. The first-order valence-corrected chi connectivity index (χ1v) is 7.72. The minimum atomic E-state index is -0.520. The molecule has 0 aliphatic heterocycles. The number of hydrogen-bond acceptors (Lipinski definition) is 3. The minimum absolute atomic E-state index is 0.112. The summed E-state index contributed by atoms with van der Waals surface area (Å²) in [6.07, 6.45) is 0.251. The van der Waals surface area contributed by atoms with Gasteiger partial charge in [0.05, 0.1) is 7.11 Å². The maximum Gasteiger partial charge on any atom is 0.260 e. The van der Waals surface area contributed by atoms with Gasteiger partial charge >= 0.3 is 0 Å². The Morgan fingerprint density at radius 3 is 2.26 bits per heavy atom.